The van der Waals surface area contributed by atoms with E-state index in [1.807, 2.05) is 45.9 Å². The van der Waals surface area contributed by atoms with Gasteiger partial charge in [-0.2, -0.15) is 0 Å². The average Bonchev–Trinajstić information content (AvgIpc) is 3.04. The highest BCUT2D eigenvalue weighted by Gasteiger charge is 2.19. The summed E-state index contributed by atoms with van der Waals surface area (Å²) in [5, 5.41) is 4.83. The normalized spacial score (nSPS) is 11.4. The second-order valence-electron chi connectivity index (χ2n) is 7.99. The fraction of sp³-hybridized carbons (Fsp3) is 0.320. The quantitative estimate of drug-likeness (QED) is 0.467. The first-order chi connectivity index (χ1) is 14.9. The van der Waals surface area contributed by atoms with Gasteiger partial charge in [-0.25, -0.2) is 4.79 Å². The van der Waals surface area contributed by atoms with Crippen molar-refractivity contribution in [3.05, 3.63) is 74.6 Å². The molecule has 3 aromatic heterocycles. The van der Waals surface area contributed by atoms with Crippen molar-refractivity contribution >= 4 is 27.8 Å². The Morgan fingerprint density at radius 2 is 1.61 bits per heavy atom. The van der Waals surface area contributed by atoms with Crippen LogP contribution in [0.5, 0.6) is 0 Å². The molecular weight excluding hydrogens is 392 g/mol. The highest BCUT2D eigenvalue weighted by atomic mass is 16.4. The zero-order valence-electron chi connectivity index (χ0n) is 18.3. The maximum atomic E-state index is 12.7. The molecule has 0 spiro atoms. The number of aryl methyl sites for hydroxylation is 4. The minimum absolute atomic E-state index is 0.0825. The summed E-state index contributed by atoms with van der Waals surface area (Å²) in [6.45, 7) is 8.33. The standard InChI is InChI=1S/C25H26N2O4/c1-14-17(4)30-23-16(3)24-21(13-20(14)23)15(2)19(25(29)31-24)5-6-22(28)27-12-9-18-7-10-26-11-8-18/h7-8,10-11,13H,5-6,9,12H2,1-4H3,(H,27,28). The number of aromatic nitrogens is 1. The predicted molar refractivity (Wildman–Crippen MR) is 120 cm³/mol. The smallest absolute Gasteiger partial charge is 0.339 e. The van der Waals surface area contributed by atoms with Crippen LogP contribution < -0.4 is 10.9 Å². The van der Waals surface area contributed by atoms with E-state index in [1.54, 1.807) is 12.4 Å². The molecule has 160 valence electrons. The first-order valence-electron chi connectivity index (χ1n) is 10.5. The lowest BCUT2D eigenvalue weighted by atomic mass is 9.98. The Balaban J connectivity index is 1.53. The molecule has 3 heterocycles. The molecule has 0 aliphatic carbocycles. The van der Waals surface area contributed by atoms with Crippen molar-refractivity contribution in [3.8, 4) is 0 Å². The van der Waals surface area contributed by atoms with Gasteiger partial charge < -0.3 is 14.2 Å². The third-order valence-corrected chi connectivity index (χ3v) is 6.03. The number of carbonyl (C=O) groups excluding carboxylic acids is 1. The molecule has 6 heteroatoms. The molecule has 1 N–H and O–H groups in total. The van der Waals surface area contributed by atoms with Crippen molar-refractivity contribution in [1.29, 1.82) is 0 Å². The van der Waals surface area contributed by atoms with Crippen molar-refractivity contribution < 1.29 is 13.6 Å². The number of fused-ring (bicyclic) bond motifs is 2. The summed E-state index contributed by atoms with van der Waals surface area (Å²) in [4.78, 5) is 29.0. The molecule has 0 aliphatic rings. The molecule has 0 saturated heterocycles. The summed E-state index contributed by atoms with van der Waals surface area (Å²) in [6.07, 6.45) is 4.79. The van der Waals surface area contributed by atoms with Crippen LogP contribution in [0, 0.1) is 27.7 Å². The van der Waals surface area contributed by atoms with Crippen LogP contribution in [-0.2, 0) is 17.6 Å². The first kappa shape index (κ1) is 20.8. The van der Waals surface area contributed by atoms with Crippen molar-refractivity contribution in [2.45, 2.75) is 47.0 Å². The van der Waals surface area contributed by atoms with Gasteiger partial charge in [-0.1, -0.05) is 0 Å². The van der Waals surface area contributed by atoms with Gasteiger partial charge in [-0.15, -0.1) is 0 Å². The van der Waals surface area contributed by atoms with Gasteiger partial charge in [-0.05, 0) is 75.4 Å². The van der Waals surface area contributed by atoms with E-state index in [4.69, 9.17) is 8.83 Å². The van der Waals surface area contributed by atoms with Crippen LogP contribution in [0.25, 0.3) is 21.9 Å². The third-order valence-electron chi connectivity index (χ3n) is 6.03. The molecular formula is C25H26N2O4. The van der Waals surface area contributed by atoms with Gasteiger partial charge in [0.25, 0.3) is 0 Å². The number of nitrogens with zero attached hydrogens (tertiary/aromatic N) is 1. The number of furan rings is 1. The predicted octanol–water partition coefficient (Wildman–Crippen LogP) is 4.46. The molecule has 0 fully saturated rings. The van der Waals surface area contributed by atoms with E-state index in [-0.39, 0.29) is 12.3 Å². The first-order valence-corrected chi connectivity index (χ1v) is 10.5. The number of benzene rings is 1. The number of rotatable bonds is 6. The second-order valence-corrected chi connectivity index (χ2v) is 7.99. The molecule has 1 aromatic carbocycles. The molecule has 0 aliphatic heterocycles. The average molecular weight is 418 g/mol. The number of hydrogen-bond donors (Lipinski definition) is 1. The lowest BCUT2D eigenvalue weighted by molar-refractivity contribution is -0.121. The lowest BCUT2D eigenvalue weighted by Crippen LogP contribution is -2.26. The van der Waals surface area contributed by atoms with Crippen LogP contribution >= 0.6 is 0 Å². The highest BCUT2D eigenvalue weighted by molar-refractivity contribution is 6.00. The summed E-state index contributed by atoms with van der Waals surface area (Å²) in [7, 11) is 0. The summed E-state index contributed by atoms with van der Waals surface area (Å²) in [5.74, 6) is 0.776. The number of nitrogens with one attached hydrogen (secondary N) is 1. The van der Waals surface area contributed by atoms with Gasteiger partial charge in [0.2, 0.25) is 5.91 Å². The molecule has 0 bridgehead atoms. The molecule has 6 nitrogen and oxygen atoms in total. The Bertz CT molecular complexity index is 1330. The van der Waals surface area contributed by atoms with Crippen LogP contribution in [0.3, 0.4) is 0 Å². The Kier molecular flexibility index (Phi) is 5.63. The molecule has 0 atom stereocenters. The zero-order chi connectivity index (χ0) is 22.1. The summed E-state index contributed by atoms with van der Waals surface area (Å²) in [5.41, 5.74) is 5.35. The van der Waals surface area contributed by atoms with E-state index in [0.29, 0.717) is 24.1 Å². The van der Waals surface area contributed by atoms with E-state index < -0.39 is 5.63 Å². The van der Waals surface area contributed by atoms with E-state index in [2.05, 4.69) is 10.3 Å². The monoisotopic (exact) mass is 418 g/mol. The number of amides is 1. The van der Waals surface area contributed by atoms with Gasteiger partial charge in [-0.3, -0.25) is 9.78 Å². The minimum atomic E-state index is -0.392. The zero-order valence-corrected chi connectivity index (χ0v) is 18.3. The van der Waals surface area contributed by atoms with Crippen LogP contribution in [0.15, 0.2) is 44.2 Å². The topological polar surface area (TPSA) is 85.3 Å². The summed E-state index contributed by atoms with van der Waals surface area (Å²) < 4.78 is 11.6. The number of pyridine rings is 1. The maximum Gasteiger partial charge on any atom is 0.339 e. The van der Waals surface area contributed by atoms with Gasteiger partial charge in [0.1, 0.15) is 16.9 Å². The largest absolute Gasteiger partial charge is 0.461 e. The second kappa shape index (κ2) is 8.38. The maximum absolute atomic E-state index is 12.7. The van der Waals surface area contributed by atoms with Crippen LogP contribution in [0.1, 0.15) is 40.0 Å². The summed E-state index contributed by atoms with van der Waals surface area (Å²) in [6, 6.07) is 5.88. The highest BCUT2D eigenvalue weighted by Crippen LogP contribution is 2.34. The molecule has 0 unspecified atom stereocenters. The van der Waals surface area contributed by atoms with E-state index in [0.717, 1.165) is 50.8 Å². The van der Waals surface area contributed by atoms with Gasteiger partial charge in [0.15, 0.2) is 0 Å². The van der Waals surface area contributed by atoms with Crippen molar-refractivity contribution in [3.63, 3.8) is 0 Å². The van der Waals surface area contributed by atoms with Gasteiger partial charge >= 0.3 is 5.63 Å². The Labute approximate surface area is 180 Å². The number of hydrogen-bond acceptors (Lipinski definition) is 5. The Hall–Kier alpha value is -3.41. The molecule has 0 radical (unpaired) electrons. The molecule has 0 saturated carbocycles. The van der Waals surface area contributed by atoms with Crippen LogP contribution in [-0.4, -0.2) is 17.4 Å². The minimum Gasteiger partial charge on any atom is -0.461 e. The molecule has 4 rings (SSSR count). The van der Waals surface area contributed by atoms with Crippen molar-refractivity contribution in [1.82, 2.24) is 10.3 Å². The fourth-order valence-electron chi connectivity index (χ4n) is 4.00. The Morgan fingerprint density at radius 3 is 2.35 bits per heavy atom. The van der Waals surface area contributed by atoms with Crippen LogP contribution in [0.4, 0.5) is 0 Å². The molecule has 1 amide bonds. The SMILES string of the molecule is Cc1oc2c(C)c3oc(=O)c(CCC(=O)NCCc4ccncc4)c(C)c3cc2c1C. The van der Waals surface area contributed by atoms with Crippen LogP contribution in [0.2, 0.25) is 0 Å². The summed E-state index contributed by atoms with van der Waals surface area (Å²) >= 11 is 0. The van der Waals surface area contributed by atoms with Crippen molar-refractivity contribution in [2.75, 3.05) is 6.54 Å². The molecule has 31 heavy (non-hydrogen) atoms. The third kappa shape index (κ3) is 3.98. The van der Waals surface area contributed by atoms with Crippen molar-refractivity contribution in [2.24, 2.45) is 0 Å². The molecule has 4 aromatic rings. The number of carbonyl (C=O) groups is 1. The van der Waals surface area contributed by atoms with E-state index in [9.17, 15) is 9.59 Å². The van der Waals surface area contributed by atoms with Gasteiger partial charge in [0.05, 0.1) is 0 Å². The van der Waals surface area contributed by atoms with Gasteiger partial charge in [0, 0.05) is 47.3 Å². The lowest BCUT2D eigenvalue weighted by Gasteiger charge is -2.10. The Morgan fingerprint density at radius 1 is 0.935 bits per heavy atom. The fourth-order valence-corrected chi connectivity index (χ4v) is 4.00. The van der Waals surface area contributed by atoms with E-state index >= 15 is 0 Å². The van der Waals surface area contributed by atoms with E-state index in [1.165, 1.54) is 0 Å².